The van der Waals surface area contributed by atoms with Crippen LogP contribution in [0.3, 0.4) is 0 Å². The molecule has 0 saturated heterocycles. The van der Waals surface area contributed by atoms with Crippen LogP contribution in [0.4, 0.5) is 9.59 Å². The summed E-state index contributed by atoms with van der Waals surface area (Å²) < 4.78 is 21.0. The highest BCUT2D eigenvalue weighted by Crippen LogP contribution is 2.14. The molecule has 0 fully saturated rings. The van der Waals surface area contributed by atoms with Gasteiger partial charge in [0.25, 0.3) is 0 Å². The Morgan fingerprint density at radius 1 is 0.875 bits per heavy atom. The molecule has 0 spiro atoms. The van der Waals surface area contributed by atoms with Crippen LogP contribution in [0, 0.1) is 0 Å². The minimum absolute atomic E-state index is 0.0330. The summed E-state index contributed by atoms with van der Waals surface area (Å²) in [4.78, 5) is 25.3. The Kier molecular flexibility index (Phi) is 9.62. The lowest BCUT2D eigenvalue weighted by molar-refractivity contribution is -0.00730. The minimum atomic E-state index is -0.761. The molecule has 0 aromatic heterocycles. The van der Waals surface area contributed by atoms with Gasteiger partial charge >= 0.3 is 12.2 Å². The molecule has 0 aliphatic rings. The van der Waals surface area contributed by atoms with Crippen LogP contribution < -0.4 is 0 Å². The fourth-order valence-electron chi connectivity index (χ4n) is 1.43. The molecule has 0 N–H and O–H groups in total. The Morgan fingerprint density at radius 2 is 1.33 bits per heavy atom. The Labute approximate surface area is 144 Å². The van der Waals surface area contributed by atoms with Crippen LogP contribution in [0.2, 0.25) is 0 Å². The molecule has 0 aromatic carbocycles. The summed E-state index contributed by atoms with van der Waals surface area (Å²) in [7, 11) is 0. The van der Waals surface area contributed by atoms with Crippen molar-refractivity contribution in [2.45, 2.75) is 52.7 Å². The van der Waals surface area contributed by atoms with Gasteiger partial charge in [0.15, 0.2) is 0 Å². The highest BCUT2D eigenvalue weighted by Gasteiger charge is 2.30. The molecule has 0 rings (SSSR count). The van der Waals surface area contributed by atoms with Crippen molar-refractivity contribution in [2.75, 3.05) is 33.0 Å². The van der Waals surface area contributed by atoms with Crippen LogP contribution in [0.1, 0.15) is 41.5 Å². The van der Waals surface area contributed by atoms with Gasteiger partial charge in [-0.05, 0) is 41.5 Å². The monoisotopic (exact) mass is 345 g/mol. The molecular weight excluding hydrogens is 314 g/mol. The number of rotatable bonds is 8. The number of carbonyl (C=O) groups excluding carboxylic acids is 2. The highest BCUT2D eigenvalue weighted by molar-refractivity contribution is 5.88. The molecule has 0 heterocycles. The second kappa shape index (κ2) is 10.3. The van der Waals surface area contributed by atoms with Gasteiger partial charge in [-0.2, -0.15) is 0 Å². The number of carbonyl (C=O) groups is 2. The average molecular weight is 345 g/mol. The molecule has 2 amide bonds. The van der Waals surface area contributed by atoms with Crippen LogP contribution >= 0.6 is 0 Å². The summed E-state index contributed by atoms with van der Waals surface area (Å²) in [6, 6.07) is 0. The van der Waals surface area contributed by atoms with E-state index >= 15 is 0 Å². The molecule has 0 saturated carbocycles. The van der Waals surface area contributed by atoms with Gasteiger partial charge in [-0.1, -0.05) is 6.08 Å². The van der Waals surface area contributed by atoms with Gasteiger partial charge in [-0.3, -0.25) is 0 Å². The van der Waals surface area contributed by atoms with Gasteiger partial charge in [-0.15, -0.1) is 6.58 Å². The molecule has 0 aliphatic heterocycles. The van der Waals surface area contributed by atoms with Gasteiger partial charge < -0.3 is 18.9 Å². The SMILES string of the molecule is C=CCOCCOCCN(C(=O)OC(C)(C)C)C(=O)OC(C)(C)C. The quantitative estimate of drug-likeness (QED) is 0.496. The Morgan fingerprint density at radius 3 is 1.75 bits per heavy atom. The van der Waals surface area contributed by atoms with E-state index in [0.29, 0.717) is 19.8 Å². The Bertz CT molecular complexity index is 380. The molecule has 0 bridgehead atoms. The zero-order valence-corrected chi connectivity index (χ0v) is 15.7. The molecule has 0 aromatic rings. The number of imide groups is 1. The third kappa shape index (κ3) is 11.9. The Balaban J connectivity index is 4.55. The molecule has 24 heavy (non-hydrogen) atoms. The lowest BCUT2D eigenvalue weighted by Gasteiger charge is -2.28. The van der Waals surface area contributed by atoms with Gasteiger partial charge in [-0.25, -0.2) is 14.5 Å². The van der Waals surface area contributed by atoms with E-state index < -0.39 is 23.4 Å². The standard InChI is InChI=1S/C17H31NO6/c1-8-10-21-12-13-22-11-9-18(14(19)23-16(2,3)4)15(20)24-17(5,6)7/h8H,1,9-13H2,2-7H3. The van der Waals surface area contributed by atoms with Crippen LogP contribution in [0.5, 0.6) is 0 Å². The fourth-order valence-corrected chi connectivity index (χ4v) is 1.43. The number of amides is 2. The normalized spacial score (nSPS) is 11.8. The number of hydrogen-bond acceptors (Lipinski definition) is 6. The van der Waals surface area contributed by atoms with Crippen molar-refractivity contribution in [3.63, 3.8) is 0 Å². The van der Waals surface area contributed by atoms with E-state index in [-0.39, 0.29) is 13.2 Å². The van der Waals surface area contributed by atoms with Crippen molar-refractivity contribution in [1.29, 1.82) is 0 Å². The second-order valence-electron chi connectivity index (χ2n) is 7.09. The largest absolute Gasteiger partial charge is 0.443 e. The third-order valence-electron chi connectivity index (χ3n) is 2.29. The maximum absolute atomic E-state index is 12.2. The molecule has 7 nitrogen and oxygen atoms in total. The molecule has 0 atom stereocenters. The van der Waals surface area contributed by atoms with Crippen LogP contribution in [0.25, 0.3) is 0 Å². The first kappa shape index (κ1) is 22.4. The summed E-state index contributed by atoms with van der Waals surface area (Å²) >= 11 is 0. The van der Waals surface area contributed by atoms with E-state index in [9.17, 15) is 9.59 Å². The predicted octanol–water partition coefficient (Wildman–Crippen LogP) is 3.38. The van der Waals surface area contributed by atoms with Crippen molar-refractivity contribution in [3.8, 4) is 0 Å². The smallest absolute Gasteiger partial charge is 0.419 e. The van der Waals surface area contributed by atoms with Crippen molar-refractivity contribution >= 4 is 12.2 Å². The van der Waals surface area contributed by atoms with E-state index in [1.54, 1.807) is 47.6 Å². The first-order chi connectivity index (χ1) is 11.0. The van der Waals surface area contributed by atoms with Crippen LogP contribution in [-0.2, 0) is 18.9 Å². The lowest BCUT2D eigenvalue weighted by atomic mass is 10.2. The van der Waals surface area contributed by atoms with Crippen LogP contribution in [0.15, 0.2) is 12.7 Å². The zero-order valence-electron chi connectivity index (χ0n) is 15.7. The molecule has 7 heteroatoms. The number of ether oxygens (including phenoxy) is 4. The predicted molar refractivity (Wildman–Crippen MR) is 91.0 cm³/mol. The topological polar surface area (TPSA) is 74.3 Å². The molecule has 0 aliphatic carbocycles. The van der Waals surface area contributed by atoms with Crippen molar-refractivity contribution in [1.82, 2.24) is 4.90 Å². The molecular formula is C17H31NO6. The summed E-state index contributed by atoms with van der Waals surface area (Å²) in [6.07, 6.45) is 0.124. The number of hydrogen-bond donors (Lipinski definition) is 0. The molecule has 140 valence electrons. The maximum Gasteiger partial charge on any atom is 0.419 e. The average Bonchev–Trinajstić information content (AvgIpc) is 2.37. The van der Waals surface area contributed by atoms with Gasteiger partial charge in [0, 0.05) is 0 Å². The van der Waals surface area contributed by atoms with E-state index in [4.69, 9.17) is 18.9 Å². The van der Waals surface area contributed by atoms with E-state index in [0.717, 1.165) is 4.90 Å². The van der Waals surface area contributed by atoms with E-state index in [2.05, 4.69) is 6.58 Å². The number of nitrogens with zero attached hydrogens (tertiary/aromatic N) is 1. The Hall–Kier alpha value is -1.60. The first-order valence-electron chi connectivity index (χ1n) is 7.96. The van der Waals surface area contributed by atoms with Gasteiger partial charge in [0.1, 0.15) is 11.2 Å². The maximum atomic E-state index is 12.2. The van der Waals surface area contributed by atoms with Crippen molar-refractivity contribution in [2.24, 2.45) is 0 Å². The van der Waals surface area contributed by atoms with Gasteiger partial charge in [0.05, 0.1) is 33.0 Å². The highest BCUT2D eigenvalue weighted by atomic mass is 16.6. The van der Waals surface area contributed by atoms with E-state index in [1.165, 1.54) is 0 Å². The zero-order chi connectivity index (χ0) is 18.8. The lowest BCUT2D eigenvalue weighted by Crippen LogP contribution is -2.45. The third-order valence-corrected chi connectivity index (χ3v) is 2.29. The summed E-state index contributed by atoms with van der Waals surface area (Å²) in [6.45, 7) is 15.3. The summed E-state index contributed by atoms with van der Waals surface area (Å²) in [5.74, 6) is 0. The minimum Gasteiger partial charge on any atom is -0.443 e. The van der Waals surface area contributed by atoms with Crippen LogP contribution in [-0.4, -0.2) is 61.3 Å². The van der Waals surface area contributed by atoms with E-state index in [1.807, 2.05) is 0 Å². The summed E-state index contributed by atoms with van der Waals surface area (Å²) in [5.41, 5.74) is -1.42. The molecule has 0 radical (unpaired) electrons. The fraction of sp³-hybridized carbons (Fsp3) is 0.765. The van der Waals surface area contributed by atoms with Crippen molar-refractivity contribution in [3.05, 3.63) is 12.7 Å². The molecule has 0 unspecified atom stereocenters. The van der Waals surface area contributed by atoms with Crippen molar-refractivity contribution < 1.29 is 28.5 Å². The second-order valence-corrected chi connectivity index (χ2v) is 7.09. The summed E-state index contributed by atoms with van der Waals surface area (Å²) in [5, 5.41) is 0. The first-order valence-corrected chi connectivity index (χ1v) is 7.96. The van der Waals surface area contributed by atoms with Gasteiger partial charge in [0.2, 0.25) is 0 Å².